The zero-order valence-corrected chi connectivity index (χ0v) is 12.2. The first kappa shape index (κ1) is 15.0. The van der Waals surface area contributed by atoms with Crippen LogP contribution in [0.15, 0.2) is 22.7 Å². The van der Waals surface area contributed by atoms with Gasteiger partial charge in [0.15, 0.2) is 0 Å². The van der Waals surface area contributed by atoms with Crippen LogP contribution in [0.25, 0.3) is 0 Å². The van der Waals surface area contributed by atoms with Crippen molar-refractivity contribution in [2.24, 2.45) is 0 Å². The average molecular weight is 317 g/mol. The van der Waals surface area contributed by atoms with Gasteiger partial charge in [0.25, 0.3) is 0 Å². The molecular formula is C13H18BrFN2O. The van der Waals surface area contributed by atoms with Crippen LogP contribution < -0.4 is 10.6 Å². The summed E-state index contributed by atoms with van der Waals surface area (Å²) in [6.07, 6.45) is 2.00. The molecule has 1 rings (SSSR count). The molecular weight excluding hydrogens is 299 g/mol. The Morgan fingerprint density at radius 1 is 1.50 bits per heavy atom. The highest BCUT2D eigenvalue weighted by Crippen LogP contribution is 2.23. The van der Waals surface area contributed by atoms with E-state index in [2.05, 4.69) is 33.5 Å². The number of rotatable bonds is 6. The summed E-state index contributed by atoms with van der Waals surface area (Å²) < 4.78 is 13.8. The number of carbonyl (C=O) groups excluding carboxylic acids is 1. The number of unbranched alkanes of at least 4 members (excludes halogenated alkanes) is 1. The topological polar surface area (TPSA) is 41.1 Å². The Morgan fingerprint density at radius 2 is 2.22 bits per heavy atom. The summed E-state index contributed by atoms with van der Waals surface area (Å²) in [7, 11) is 0. The van der Waals surface area contributed by atoms with E-state index in [0.717, 1.165) is 17.3 Å². The molecule has 0 bridgehead atoms. The van der Waals surface area contributed by atoms with Crippen LogP contribution in [0.2, 0.25) is 0 Å². The summed E-state index contributed by atoms with van der Waals surface area (Å²) in [5, 5.41) is 5.81. The van der Waals surface area contributed by atoms with Crippen LogP contribution in [0, 0.1) is 5.82 Å². The van der Waals surface area contributed by atoms with Crippen LogP contribution in [0.3, 0.4) is 0 Å². The maximum Gasteiger partial charge on any atom is 0.242 e. The first-order chi connectivity index (χ1) is 8.54. The normalized spacial score (nSPS) is 12.0. The number of anilines is 1. The fourth-order valence-corrected chi connectivity index (χ4v) is 1.81. The molecule has 1 amide bonds. The number of hydrogen-bond donors (Lipinski definition) is 2. The molecule has 1 atom stereocenters. The predicted molar refractivity (Wildman–Crippen MR) is 75.1 cm³/mol. The van der Waals surface area contributed by atoms with Gasteiger partial charge in [-0.1, -0.05) is 13.3 Å². The van der Waals surface area contributed by atoms with Gasteiger partial charge in [-0.15, -0.1) is 0 Å². The van der Waals surface area contributed by atoms with E-state index in [9.17, 15) is 9.18 Å². The third-order valence-electron chi connectivity index (χ3n) is 2.52. The third-order valence-corrected chi connectivity index (χ3v) is 3.21. The lowest BCUT2D eigenvalue weighted by Crippen LogP contribution is -2.38. The Kier molecular flexibility index (Phi) is 6.12. The highest BCUT2D eigenvalue weighted by molar-refractivity contribution is 9.10. The van der Waals surface area contributed by atoms with Crippen molar-refractivity contribution in [1.29, 1.82) is 0 Å². The molecule has 3 nitrogen and oxygen atoms in total. The van der Waals surface area contributed by atoms with E-state index in [-0.39, 0.29) is 11.7 Å². The van der Waals surface area contributed by atoms with Crippen molar-refractivity contribution in [2.45, 2.75) is 32.7 Å². The minimum absolute atomic E-state index is 0.0837. The molecule has 5 heteroatoms. The third kappa shape index (κ3) is 4.64. The minimum atomic E-state index is -0.403. The molecule has 0 aliphatic heterocycles. The van der Waals surface area contributed by atoms with Gasteiger partial charge in [0.1, 0.15) is 11.9 Å². The molecule has 1 aromatic rings. The molecule has 0 spiro atoms. The lowest BCUT2D eigenvalue weighted by atomic mass is 10.2. The lowest BCUT2D eigenvalue weighted by Gasteiger charge is -2.16. The SMILES string of the molecule is CCCCNC(=O)C(C)Nc1cc(F)ccc1Br. The van der Waals surface area contributed by atoms with E-state index >= 15 is 0 Å². The quantitative estimate of drug-likeness (QED) is 0.791. The van der Waals surface area contributed by atoms with E-state index in [1.54, 1.807) is 13.0 Å². The summed E-state index contributed by atoms with van der Waals surface area (Å²) in [5.41, 5.74) is 0.577. The molecule has 2 N–H and O–H groups in total. The van der Waals surface area contributed by atoms with Crippen molar-refractivity contribution in [3.63, 3.8) is 0 Å². The molecule has 0 fully saturated rings. The largest absolute Gasteiger partial charge is 0.373 e. The first-order valence-electron chi connectivity index (χ1n) is 6.04. The zero-order valence-electron chi connectivity index (χ0n) is 10.6. The summed E-state index contributed by atoms with van der Waals surface area (Å²) in [5.74, 6) is -0.418. The maximum absolute atomic E-state index is 13.1. The Balaban J connectivity index is 2.55. The Bertz CT molecular complexity index is 412. The molecule has 1 aromatic carbocycles. The van der Waals surface area contributed by atoms with Crippen molar-refractivity contribution >= 4 is 27.5 Å². The summed E-state index contributed by atoms with van der Waals surface area (Å²) in [6, 6.07) is 3.93. The monoisotopic (exact) mass is 316 g/mol. The van der Waals surface area contributed by atoms with Crippen LogP contribution in [-0.4, -0.2) is 18.5 Å². The predicted octanol–water partition coefficient (Wildman–Crippen LogP) is 3.30. The summed E-state index contributed by atoms with van der Waals surface area (Å²) in [6.45, 7) is 4.49. The van der Waals surface area contributed by atoms with Crippen molar-refractivity contribution in [2.75, 3.05) is 11.9 Å². The maximum atomic E-state index is 13.1. The molecule has 1 unspecified atom stereocenters. The van der Waals surface area contributed by atoms with Gasteiger partial charge in [-0.2, -0.15) is 0 Å². The fourth-order valence-electron chi connectivity index (χ4n) is 1.45. The Hall–Kier alpha value is -1.10. The second kappa shape index (κ2) is 7.36. The van der Waals surface area contributed by atoms with Crippen molar-refractivity contribution in [3.8, 4) is 0 Å². The van der Waals surface area contributed by atoms with Gasteiger partial charge in [-0.3, -0.25) is 4.79 Å². The molecule has 0 aromatic heterocycles. The van der Waals surface area contributed by atoms with Gasteiger partial charge in [0.05, 0.1) is 5.69 Å². The smallest absolute Gasteiger partial charge is 0.242 e. The number of nitrogens with one attached hydrogen (secondary N) is 2. The van der Waals surface area contributed by atoms with Crippen LogP contribution in [0.1, 0.15) is 26.7 Å². The second-order valence-corrected chi connectivity index (χ2v) is 4.99. The molecule has 0 saturated carbocycles. The standard InChI is InChI=1S/C13H18BrFN2O/c1-3-4-7-16-13(18)9(2)17-12-8-10(15)5-6-11(12)14/h5-6,8-9,17H,3-4,7H2,1-2H3,(H,16,18). The van der Waals surface area contributed by atoms with E-state index in [1.807, 2.05) is 0 Å². The van der Waals surface area contributed by atoms with E-state index < -0.39 is 6.04 Å². The fraction of sp³-hybridized carbons (Fsp3) is 0.462. The van der Waals surface area contributed by atoms with Gasteiger partial charge in [0, 0.05) is 11.0 Å². The van der Waals surface area contributed by atoms with Crippen LogP contribution >= 0.6 is 15.9 Å². The lowest BCUT2D eigenvalue weighted by molar-refractivity contribution is -0.121. The summed E-state index contributed by atoms with van der Waals surface area (Å²) in [4.78, 5) is 11.7. The molecule has 18 heavy (non-hydrogen) atoms. The van der Waals surface area contributed by atoms with Crippen molar-refractivity contribution < 1.29 is 9.18 Å². The number of amides is 1. The Morgan fingerprint density at radius 3 is 2.89 bits per heavy atom. The highest BCUT2D eigenvalue weighted by atomic mass is 79.9. The van der Waals surface area contributed by atoms with Gasteiger partial charge < -0.3 is 10.6 Å². The molecule has 0 saturated heterocycles. The number of halogens is 2. The molecule has 100 valence electrons. The minimum Gasteiger partial charge on any atom is -0.373 e. The summed E-state index contributed by atoms with van der Waals surface area (Å²) >= 11 is 3.31. The van der Waals surface area contributed by atoms with Gasteiger partial charge in [-0.25, -0.2) is 4.39 Å². The van der Waals surface area contributed by atoms with Gasteiger partial charge in [-0.05, 0) is 47.5 Å². The number of hydrogen-bond acceptors (Lipinski definition) is 2. The first-order valence-corrected chi connectivity index (χ1v) is 6.83. The van der Waals surface area contributed by atoms with Gasteiger partial charge in [0.2, 0.25) is 5.91 Å². The molecule has 0 aliphatic rings. The van der Waals surface area contributed by atoms with E-state index in [4.69, 9.17) is 0 Å². The Labute approximate surface area is 115 Å². The van der Waals surface area contributed by atoms with Crippen LogP contribution in [0.5, 0.6) is 0 Å². The average Bonchev–Trinajstić information content (AvgIpc) is 2.34. The van der Waals surface area contributed by atoms with Crippen LogP contribution in [0.4, 0.5) is 10.1 Å². The molecule has 0 aliphatic carbocycles. The number of benzene rings is 1. The number of carbonyl (C=O) groups is 1. The van der Waals surface area contributed by atoms with Crippen LogP contribution in [-0.2, 0) is 4.79 Å². The zero-order chi connectivity index (χ0) is 13.5. The second-order valence-electron chi connectivity index (χ2n) is 4.13. The molecule has 0 radical (unpaired) electrons. The van der Waals surface area contributed by atoms with E-state index in [1.165, 1.54) is 12.1 Å². The van der Waals surface area contributed by atoms with Gasteiger partial charge >= 0.3 is 0 Å². The van der Waals surface area contributed by atoms with Crippen molar-refractivity contribution in [3.05, 3.63) is 28.5 Å². The van der Waals surface area contributed by atoms with Crippen molar-refractivity contribution in [1.82, 2.24) is 5.32 Å². The highest BCUT2D eigenvalue weighted by Gasteiger charge is 2.13. The van der Waals surface area contributed by atoms with E-state index in [0.29, 0.717) is 12.2 Å². The molecule has 0 heterocycles.